The summed E-state index contributed by atoms with van der Waals surface area (Å²) >= 11 is 0. The fourth-order valence-corrected chi connectivity index (χ4v) is 6.06. The van der Waals surface area contributed by atoms with Gasteiger partial charge >= 0.3 is 0 Å². The molecule has 0 amide bonds. The molecule has 3 rings (SSSR count). The van der Waals surface area contributed by atoms with E-state index in [0.29, 0.717) is 5.92 Å². The van der Waals surface area contributed by atoms with Crippen LogP contribution >= 0.6 is 0 Å². The molecular formula is C35H51NO. The van der Waals surface area contributed by atoms with Gasteiger partial charge in [0.1, 0.15) is 5.75 Å². The molecule has 2 heteroatoms. The molecule has 2 nitrogen and oxygen atoms in total. The average Bonchev–Trinajstić information content (AvgIpc) is 2.95. The van der Waals surface area contributed by atoms with Crippen molar-refractivity contribution in [3.63, 3.8) is 0 Å². The second kappa shape index (κ2) is 16.5. The Morgan fingerprint density at radius 1 is 0.784 bits per heavy atom. The number of ether oxygens (including phenoxy) is 1. The van der Waals surface area contributed by atoms with Crippen molar-refractivity contribution in [3.05, 3.63) is 54.1 Å². The van der Waals surface area contributed by atoms with Crippen LogP contribution in [0.25, 0.3) is 11.1 Å². The van der Waals surface area contributed by atoms with Gasteiger partial charge < -0.3 is 4.74 Å². The molecule has 1 aliphatic rings. The number of benzene rings is 2. The Kier molecular flexibility index (Phi) is 13.1. The highest BCUT2D eigenvalue weighted by atomic mass is 16.5. The third-order valence-corrected chi connectivity index (χ3v) is 8.50. The minimum atomic E-state index is -0.111. The van der Waals surface area contributed by atoms with Crippen LogP contribution in [0.3, 0.4) is 0 Å². The van der Waals surface area contributed by atoms with E-state index in [1.807, 2.05) is 0 Å². The zero-order valence-electron chi connectivity index (χ0n) is 23.8. The second-order valence-electron chi connectivity index (χ2n) is 11.4. The zero-order valence-corrected chi connectivity index (χ0v) is 23.8. The fourth-order valence-electron chi connectivity index (χ4n) is 6.06. The molecule has 0 N–H and O–H groups in total. The van der Waals surface area contributed by atoms with Crippen molar-refractivity contribution in [1.29, 1.82) is 5.26 Å². The summed E-state index contributed by atoms with van der Waals surface area (Å²) in [4.78, 5) is 0. The quantitative estimate of drug-likeness (QED) is 0.202. The van der Waals surface area contributed by atoms with E-state index in [0.717, 1.165) is 50.9 Å². The topological polar surface area (TPSA) is 33.0 Å². The Hall–Kier alpha value is -2.27. The van der Waals surface area contributed by atoms with Gasteiger partial charge in [0.25, 0.3) is 0 Å². The lowest BCUT2D eigenvalue weighted by Crippen LogP contribution is -2.25. The predicted molar refractivity (Wildman–Crippen MR) is 158 cm³/mol. The largest absolute Gasteiger partial charge is 0.494 e. The van der Waals surface area contributed by atoms with Crippen LogP contribution in [-0.4, -0.2) is 6.61 Å². The molecule has 2 aromatic carbocycles. The summed E-state index contributed by atoms with van der Waals surface area (Å²) in [6.45, 7) is 5.34. The Balaban J connectivity index is 1.62. The number of nitrogens with zero attached hydrogens (tertiary/aromatic N) is 1. The number of hydrogen-bond acceptors (Lipinski definition) is 2. The molecule has 0 bridgehead atoms. The maximum atomic E-state index is 10.1. The molecule has 0 aliphatic heterocycles. The predicted octanol–water partition coefficient (Wildman–Crippen LogP) is 11.0. The van der Waals surface area contributed by atoms with Crippen molar-refractivity contribution in [2.75, 3.05) is 6.61 Å². The van der Waals surface area contributed by atoms with Gasteiger partial charge in [0.2, 0.25) is 0 Å². The van der Waals surface area contributed by atoms with Crippen molar-refractivity contribution < 1.29 is 4.74 Å². The Morgan fingerprint density at radius 3 is 2.05 bits per heavy atom. The molecule has 0 atom stereocenters. The van der Waals surface area contributed by atoms with E-state index in [9.17, 15) is 5.26 Å². The summed E-state index contributed by atoms with van der Waals surface area (Å²) in [6, 6.07) is 20.3. The Bertz CT molecular complexity index is 920. The summed E-state index contributed by atoms with van der Waals surface area (Å²) < 4.78 is 6.24. The normalized spacial score (nSPS) is 19.4. The maximum Gasteiger partial charge on any atom is 0.119 e. The molecule has 1 fully saturated rings. The summed E-state index contributed by atoms with van der Waals surface area (Å²) in [7, 11) is 0. The minimum Gasteiger partial charge on any atom is -0.494 e. The monoisotopic (exact) mass is 501 g/mol. The molecule has 0 unspecified atom stereocenters. The van der Waals surface area contributed by atoms with E-state index < -0.39 is 0 Å². The van der Waals surface area contributed by atoms with E-state index in [-0.39, 0.29) is 5.41 Å². The summed E-state index contributed by atoms with van der Waals surface area (Å²) in [5.41, 5.74) is 3.92. The lowest BCUT2D eigenvalue weighted by molar-refractivity contribution is 0.222. The molecule has 2 aromatic rings. The van der Waals surface area contributed by atoms with Crippen LogP contribution in [-0.2, 0) is 0 Å². The third kappa shape index (κ3) is 9.52. The van der Waals surface area contributed by atoms with E-state index in [2.05, 4.69) is 68.4 Å². The van der Waals surface area contributed by atoms with Gasteiger partial charge in [-0.2, -0.15) is 5.26 Å². The van der Waals surface area contributed by atoms with Gasteiger partial charge in [-0.15, -0.1) is 0 Å². The zero-order chi connectivity index (χ0) is 26.2. The SMILES string of the molecule is CCCCCCCCOc1ccc(-c2ccccc2)c(C2CCC(C#N)(CCCCCCCC)CC2)c1. The number of rotatable bonds is 17. The van der Waals surface area contributed by atoms with Gasteiger partial charge in [0, 0.05) is 0 Å². The minimum absolute atomic E-state index is 0.111. The third-order valence-electron chi connectivity index (χ3n) is 8.50. The van der Waals surface area contributed by atoms with Crippen molar-refractivity contribution in [2.45, 2.75) is 129 Å². The fraction of sp³-hybridized carbons (Fsp3) is 0.629. The van der Waals surface area contributed by atoms with Crippen molar-refractivity contribution in [1.82, 2.24) is 0 Å². The molecule has 0 spiro atoms. The van der Waals surface area contributed by atoms with Crippen molar-refractivity contribution in [2.24, 2.45) is 5.41 Å². The Morgan fingerprint density at radius 2 is 1.41 bits per heavy atom. The lowest BCUT2D eigenvalue weighted by atomic mass is 9.67. The van der Waals surface area contributed by atoms with Crippen molar-refractivity contribution >= 4 is 0 Å². The first-order valence-corrected chi connectivity index (χ1v) is 15.4. The van der Waals surface area contributed by atoms with Gasteiger partial charge in [-0.25, -0.2) is 0 Å². The number of unbranched alkanes of at least 4 members (excludes halogenated alkanes) is 10. The molecule has 1 aliphatic carbocycles. The molecule has 202 valence electrons. The van der Waals surface area contributed by atoms with Gasteiger partial charge in [-0.1, -0.05) is 121 Å². The maximum absolute atomic E-state index is 10.1. The first-order chi connectivity index (χ1) is 18.2. The summed E-state index contributed by atoms with van der Waals surface area (Å²) in [5, 5.41) is 10.1. The number of hydrogen-bond donors (Lipinski definition) is 0. The van der Waals surface area contributed by atoms with Crippen LogP contribution in [0, 0.1) is 16.7 Å². The molecular weight excluding hydrogens is 450 g/mol. The molecule has 1 saturated carbocycles. The smallest absolute Gasteiger partial charge is 0.119 e. The highest BCUT2D eigenvalue weighted by Crippen LogP contribution is 2.48. The molecule has 0 heterocycles. The van der Waals surface area contributed by atoms with Gasteiger partial charge in [0.15, 0.2) is 0 Å². The van der Waals surface area contributed by atoms with E-state index >= 15 is 0 Å². The highest BCUT2D eigenvalue weighted by Gasteiger charge is 2.36. The van der Waals surface area contributed by atoms with Crippen LogP contribution < -0.4 is 4.74 Å². The van der Waals surface area contributed by atoms with E-state index in [1.165, 1.54) is 87.3 Å². The molecule has 0 saturated heterocycles. The molecule has 0 radical (unpaired) electrons. The Labute approximate surface area is 227 Å². The molecule has 0 aromatic heterocycles. The lowest BCUT2D eigenvalue weighted by Gasteiger charge is -2.36. The van der Waals surface area contributed by atoms with Crippen LogP contribution in [0.5, 0.6) is 5.75 Å². The van der Waals surface area contributed by atoms with Crippen LogP contribution in [0.15, 0.2) is 48.5 Å². The standard InChI is InChI=1S/C35H51NO/c1-3-5-7-9-11-16-24-35(29-36)25-22-31(23-26-35)34-28-32(37-27-17-12-10-8-6-4-2)20-21-33(34)30-18-14-13-15-19-30/h13-15,18-21,28,31H,3-12,16-17,22-27H2,1-2H3. The summed E-state index contributed by atoms with van der Waals surface area (Å²) in [5.74, 6) is 1.51. The molecule has 37 heavy (non-hydrogen) atoms. The van der Waals surface area contributed by atoms with Crippen molar-refractivity contribution in [3.8, 4) is 22.9 Å². The summed E-state index contributed by atoms with van der Waals surface area (Å²) in [6.07, 6.45) is 20.8. The van der Waals surface area contributed by atoms with Crippen LogP contribution in [0.1, 0.15) is 134 Å². The van der Waals surface area contributed by atoms with Crippen LogP contribution in [0.4, 0.5) is 0 Å². The number of nitriles is 1. The van der Waals surface area contributed by atoms with E-state index in [1.54, 1.807) is 0 Å². The average molecular weight is 502 g/mol. The van der Waals surface area contributed by atoms with E-state index in [4.69, 9.17) is 4.74 Å². The highest BCUT2D eigenvalue weighted by molar-refractivity contribution is 5.69. The van der Waals surface area contributed by atoms with Gasteiger partial charge in [-0.05, 0) is 73.3 Å². The first kappa shape index (κ1) is 29.3. The van der Waals surface area contributed by atoms with Gasteiger partial charge in [0.05, 0.1) is 18.1 Å². The van der Waals surface area contributed by atoms with Crippen LogP contribution in [0.2, 0.25) is 0 Å². The first-order valence-electron chi connectivity index (χ1n) is 15.4. The second-order valence-corrected chi connectivity index (χ2v) is 11.4. The van der Waals surface area contributed by atoms with Gasteiger partial charge in [-0.3, -0.25) is 0 Å².